The Kier molecular flexibility index (Phi) is 2.97. The monoisotopic (exact) mass is 202 g/mol. The Labute approximate surface area is 88.8 Å². The van der Waals surface area contributed by atoms with Gasteiger partial charge in [0.05, 0.1) is 12.2 Å². The molecule has 78 valence electrons. The number of aromatic nitrogens is 3. The van der Waals surface area contributed by atoms with Crippen molar-refractivity contribution in [1.29, 1.82) is 0 Å². The summed E-state index contributed by atoms with van der Waals surface area (Å²) >= 11 is 0. The van der Waals surface area contributed by atoms with E-state index in [-0.39, 0.29) is 6.04 Å². The molecule has 0 saturated carbocycles. The molecular formula is C11H14N4. The summed E-state index contributed by atoms with van der Waals surface area (Å²) in [5.74, 6) is 0.894. The average Bonchev–Trinajstić information content (AvgIpc) is 2.81. The van der Waals surface area contributed by atoms with Gasteiger partial charge in [-0.1, -0.05) is 13.0 Å². The molecule has 1 unspecified atom stereocenters. The van der Waals surface area contributed by atoms with Gasteiger partial charge in [0.25, 0.3) is 0 Å². The SMILES string of the molecule is CCC(Nc1ccccn1)c1cn[nH]c1. The molecule has 15 heavy (non-hydrogen) atoms. The van der Waals surface area contributed by atoms with Crippen molar-refractivity contribution in [2.75, 3.05) is 5.32 Å². The first-order valence-corrected chi connectivity index (χ1v) is 5.06. The summed E-state index contributed by atoms with van der Waals surface area (Å²) in [7, 11) is 0. The zero-order chi connectivity index (χ0) is 10.5. The van der Waals surface area contributed by atoms with E-state index in [1.807, 2.05) is 30.6 Å². The molecule has 2 rings (SSSR count). The van der Waals surface area contributed by atoms with Crippen LogP contribution in [0.1, 0.15) is 24.9 Å². The topological polar surface area (TPSA) is 53.6 Å². The molecule has 0 saturated heterocycles. The van der Waals surface area contributed by atoms with E-state index in [2.05, 4.69) is 27.4 Å². The fourth-order valence-corrected chi connectivity index (χ4v) is 1.50. The number of anilines is 1. The van der Waals surface area contributed by atoms with Crippen molar-refractivity contribution in [2.45, 2.75) is 19.4 Å². The van der Waals surface area contributed by atoms with Crippen LogP contribution < -0.4 is 5.32 Å². The van der Waals surface area contributed by atoms with Crippen molar-refractivity contribution >= 4 is 5.82 Å². The van der Waals surface area contributed by atoms with Gasteiger partial charge in [0.15, 0.2) is 0 Å². The highest BCUT2D eigenvalue weighted by Crippen LogP contribution is 2.19. The Morgan fingerprint density at radius 3 is 3.00 bits per heavy atom. The van der Waals surface area contributed by atoms with Crippen LogP contribution in [0.5, 0.6) is 0 Å². The first-order valence-electron chi connectivity index (χ1n) is 5.06. The normalized spacial score (nSPS) is 12.3. The lowest BCUT2D eigenvalue weighted by Gasteiger charge is -2.15. The Morgan fingerprint density at radius 2 is 2.40 bits per heavy atom. The predicted octanol–water partition coefficient (Wildman–Crippen LogP) is 2.37. The lowest BCUT2D eigenvalue weighted by Crippen LogP contribution is -2.09. The molecule has 0 spiro atoms. The quantitative estimate of drug-likeness (QED) is 0.800. The highest BCUT2D eigenvalue weighted by atomic mass is 15.1. The maximum absolute atomic E-state index is 4.23. The van der Waals surface area contributed by atoms with E-state index in [0.29, 0.717) is 0 Å². The van der Waals surface area contributed by atoms with Gasteiger partial charge >= 0.3 is 0 Å². The van der Waals surface area contributed by atoms with Gasteiger partial charge in [0, 0.05) is 18.0 Å². The number of nitrogens with zero attached hydrogens (tertiary/aromatic N) is 2. The van der Waals surface area contributed by atoms with Crippen molar-refractivity contribution in [2.24, 2.45) is 0 Å². The number of aromatic amines is 1. The van der Waals surface area contributed by atoms with Gasteiger partial charge in [-0.2, -0.15) is 5.10 Å². The Bertz CT molecular complexity index is 382. The van der Waals surface area contributed by atoms with Crippen LogP contribution in [0.2, 0.25) is 0 Å². The van der Waals surface area contributed by atoms with Crippen LogP contribution in [0.3, 0.4) is 0 Å². The van der Waals surface area contributed by atoms with E-state index in [1.54, 1.807) is 6.20 Å². The molecule has 4 heteroatoms. The van der Waals surface area contributed by atoms with E-state index < -0.39 is 0 Å². The number of rotatable bonds is 4. The van der Waals surface area contributed by atoms with Crippen molar-refractivity contribution < 1.29 is 0 Å². The number of pyridine rings is 1. The lowest BCUT2D eigenvalue weighted by molar-refractivity contribution is 0.745. The molecule has 0 fully saturated rings. The fraction of sp³-hybridized carbons (Fsp3) is 0.273. The molecule has 0 aliphatic carbocycles. The van der Waals surface area contributed by atoms with E-state index in [0.717, 1.165) is 17.8 Å². The van der Waals surface area contributed by atoms with E-state index in [4.69, 9.17) is 0 Å². The minimum Gasteiger partial charge on any atom is -0.363 e. The molecule has 0 aliphatic heterocycles. The molecule has 0 aromatic carbocycles. The van der Waals surface area contributed by atoms with Crippen LogP contribution in [0, 0.1) is 0 Å². The van der Waals surface area contributed by atoms with Crippen LogP contribution in [-0.2, 0) is 0 Å². The number of hydrogen-bond donors (Lipinski definition) is 2. The van der Waals surface area contributed by atoms with Crippen LogP contribution in [0.25, 0.3) is 0 Å². The molecule has 4 nitrogen and oxygen atoms in total. The Balaban J connectivity index is 2.10. The summed E-state index contributed by atoms with van der Waals surface area (Å²) < 4.78 is 0. The highest BCUT2D eigenvalue weighted by Gasteiger charge is 2.09. The minimum absolute atomic E-state index is 0.263. The van der Waals surface area contributed by atoms with E-state index in [1.165, 1.54) is 0 Å². The lowest BCUT2D eigenvalue weighted by atomic mass is 10.1. The van der Waals surface area contributed by atoms with Crippen molar-refractivity contribution in [1.82, 2.24) is 15.2 Å². The summed E-state index contributed by atoms with van der Waals surface area (Å²) in [5.41, 5.74) is 1.16. The third kappa shape index (κ3) is 2.34. The number of nitrogens with one attached hydrogen (secondary N) is 2. The van der Waals surface area contributed by atoms with Gasteiger partial charge in [0.2, 0.25) is 0 Å². The summed E-state index contributed by atoms with van der Waals surface area (Å²) in [6, 6.07) is 6.10. The second-order valence-electron chi connectivity index (χ2n) is 3.35. The maximum Gasteiger partial charge on any atom is 0.126 e. The second-order valence-corrected chi connectivity index (χ2v) is 3.35. The van der Waals surface area contributed by atoms with Gasteiger partial charge in [-0.05, 0) is 18.6 Å². The predicted molar refractivity (Wildman–Crippen MR) is 59.5 cm³/mol. The molecule has 0 bridgehead atoms. The molecule has 2 heterocycles. The van der Waals surface area contributed by atoms with Crippen molar-refractivity contribution in [3.05, 3.63) is 42.4 Å². The molecule has 0 amide bonds. The first kappa shape index (κ1) is 9.71. The summed E-state index contributed by atoms with van der Waals surface area (Å²) in [5, 5.41) is 10.1. The molecular weight excluding hydrogens is 188 g/mol. The largest absolute Gasteiger partial charge is 0.363 e. The number of H-pyrrole nitrogens is 1. The fourth-order valence-electron chi connectivity index (χ4n) is 1.50. The van der Waals surface area contributed by atoms with Crippen LogP contribution in [0.4, 0.5) is 5.82 Å². The molecule has 1 atom stereocenters. The van der Waals surface area contributed by atoms with Gasteiger partial charge in [-0.25, -0.2) is 4.98 Å². The third-order valence-corrected chi connectivity index (χ3v) is 2.32. The molecule has 0 aliphatic rings. The number of hydrogen-bond acceptors (Lipinski definition) is 3. The van der Waals surface area contributed by atoms with Crippen molar-refractivity contribution in [3.8, 4) is 0 Å². The zero-order valence-electron chi connectivity index (χ0n) is 8.64. The average molecular weight is 202 g/mol. The van der Waals surface area contributed by atoms with E-state index in [9.17, 15) is 0 Å². The smallest absolute Gasteiger partial charge is 0.126 e. The second kappa shape index (κ2) is 4.59. The van der Waals surface area contributed by atoms with Gasteiger partial charge in [0.1, 0.15) is 5.82 Å². The third-order valence-electron chi connectivity index (χ3n) is 2.32. The Morgan fingerprint density at radius 1 is 1.47 bits per heavy atom. The van der Waals surface area contributed by atoms with Crippen LogP contribution >= 0.6 is 0 Å². The van der Waals surface area contributed by atoms with Gasteiger partial charge in [-0.15, -0.1) is 0 Å². The molecule has 0 radical (unpaired) electrons. The van der Waals surface area contributed by atoms with Gasteiger partial charge < -0.3 is 5.32 Å². The highest BCUT2D eigenvalue weighted by molar-refractivity contribution is 5.36. The van der Waals surface area contributed by atoms with E-state index >= 15 is 0 Å². The summed E-state index contributed by atoms with van der Waals surface area (Å²) in [6.45, 7) is 2.13. The maximum atomic E-state index is 4.23. The molecule has 2 aromatic rings. The first-order chi connectivity index (χ1) is 7.40. The van der Waals surface area contributed by atoms with Gasteiger partial charge in [-0.3, -0.25) is 5.10 Å². The zero-order valence-corrected chi connectivity index (χ0v) is 8.64. The summed E-state index contributed by atoms with van der Waals surface area (Å²) in [6.07, 6.45) is 6.52. The molecule has 2 N–H and O–H groups in total. The van der Waals surface area contributed by atoms with Crippen LogP contribution in [0.15, 0.2) is 36.8 Å². The standard InChI is InChI=1S/C11H14N4/c1-2-10(9-7-13-14-8-9)15-11-5-3-4-6-12-11/h3-8,10H,2H2,1H3,(H,12,15)(H,13,14). The minimum atomic E-state index is 0.263. The van der Waals surface area contributed by atoms with Crippen LogP contribution in [-0.4, -0.2) is 15.2 Å². The van der Waals surface area contributed by atoms with Crippen molar-refractivity contribution in [3.63, 3.8) is 0 Å². The Hall–Kier alpha value is -1.84. The summed E-state index contributed by atoms with van der Waals surface area (Å²) in [4.78, 5) is 4.23. The molecule has 2 aromatic heterocycles.